The highest BCUT2D eigenvalue weighted by molar-refractivity contribution is 5.82. The van der Waals surface area contributed by atoms with Crippen LogP contribution in [0.2, 0.25) is 0 Å². The first-order valence-corrected chi connectivity index (χ1v) is 5.07. The lowest BCUT2D eigenvalue weighted by molar-refractivity contribution is -0.153. The summed E-state index contributed by atoms with van der Waals surface area (Å²) in [7, 11) is 2.66. The summed E-state index contributed by atoms with van der Waals surface area (Å²) in [4.78, 5) is 24.6. The summed E-state index contributed by atoms with van der Waals surface area (Å²) in [6, 6.07) is -0.482. The van der Waals surface area contributed by atoms with E-state index in [2.05, 4.69) is 9.47 Å². The number of likely N-dealkylation sites (tertiary alicyclic amines) is 1. The van der Waals surface area contributed by atoms with Gasteiger partial charge in [-0.1, -0.05) is 0 Å². The Morgan fingerprint density at radius 3 is 2.27 bits per heavy atom. The van der Waals surface area contributed by atoms with Crippen molar-refractivity contribution < 1.29 is 19.1 Å². The first kappa shape index (κ1) is 12.0. The second kappa shape index (κ2) is 5.70. The molecule has 1 heterocycles. The van der Waals surface area contributed by atoms with E-state index < -0.39 is 6.04 Å². The molecule has 0 aromatic heterocycles. The van der Waals surface area contributed by atoms with Crippen molar-refractivity contribution in [1.29, 1.82) is 0 Å². The van der Waals surface area contributed by atoms with Crippen molar-refractivity contribution >= 4 is 11.9 Å². The van der Waals surface area contributed by atoms with Gasteiger partial charge in [0.2, 0.25) is 0 Å². The second-order valence-electron chi connectivity index (χ2n) is 3.56. The van der Waals surface area contributed by atoms with Crippen LogP contribution >= 0.6 is 0 Å². The Bertz CT molecular complexity index is 236. The van der Waals surface area contributed by atoms with E-state index >= 15 is 0 Å². The number of methoxy groups -OCH3 is 2. The molecule has 0 aromatic rings. The number of hydrogen-bond acceptors (Lipinski definition) is 5. The molecule has 15 heavy (non-hydrogen) atoms. The van der Waals surface area contributed by atoms with E-state index in [9.17, 15) is 9.59 Å². The van der Waals surface area contributed by atoms with Crippen LogP contribution in [0.15, 0.2) is 0 Å². The number of carbonyl (C=O) groups excluding carboxylic acids is 2. The van der Waals surface area contributed by atoms with Crippen molar-refractivity contribution in [2.45, 2.75) is 25.3 Å². The molecular formula is C10H17NO4. The Morgan fingerprint density at radius 2 is 1.80 bits per heavy atom. The molecule has 1 fully saturated rings. The zero-order valence-corrected chi connectivity index (χ0v) is 9.19. The van der Waals surface area contributed by atoms with Crippen LogP contribution in [0.1, 0.15) is 19.3 Å². The summed E-state index contributed by atoms with van der Waals surface area (Å²) in [6.45, 7) is 1.69. The van der Waals surface area contributed by atoms with Gasteiger partial charge in [-0.15, -0.1) is 0 Å². The SMILES string of the molecule is COC(=O)C[C@@H](C(=O)OC)N1CCCC1. The predicted octanol–water partition coefficient (Wildman–Crippen LogP) is 0.187. The molecule has 1 atom stereocenters. The molecule has 86 valence electrons. The minimum atomic E-state index is -0.482. The quantitative estimate of drug-likeness (QED) is 0.626. The van der Waals surface area contributed by atoms with Crippen molar-refractivity contribution in [3.05, 3.63) is 0 Å². The zero-order chi connectivity index (χ0) is 11.3. The molecule has 0 bridgehead atoms. The highest BCUT2D eigenvalue weighted by Crippen LogP contribution is 2.15. The molecule has 0 N–H and O–H groups in total. The van der Waals surface area contributed by atoms with E-state index in [4.69, 9.17) is 0 Å². The van der Waals surface area contributed by atoms with Gasteiger partial charge in [-0.3, -0.25) is 14.5 Å². The van der Waals surface area contributed by atoms with E-state index in [1.54, 1.807) is 0 Å². The van der Waals surface area contributed by atoms with Gasteiger partial charge in [0.25, 0.3) is 0 Å². The van der Waals surface area contributed by atoms with Crippen molar-refractivity contribution in [3.63, 3.8) is 0 Å². The van der Waals surface area contributed by atoms with Crippen molar-refractivity contribution in [2.24, 2.45) is 0 Å². The number of rotatable bonds is 4. The Kier molecular flexibility index (Phi) is 4.55. The molecule has 5 heteroatoms. The first-order valence-electron chi connectivity index (χ1n) is 5.07. The normalized spacial score (nSPS) is 18.5. The van der Waals surface area contributed by atoms with Crippen molar-refractivity contribution in [2.75, 3.05) is 27.3 Å². The predicted molar refractivity (Wildman–Crippen MR) is 53.2 cm³/mol. The smallest absolute Gasteiger partial charge is 0.323 e. The molecule has 1 aliphatic heterocycles. The van der Waals surface area contributed by atoms with Crippen LogP contribution in [0.3, 0.4) is 0 Å². The Morgan fingerprint density at radius 1 is 1.20 bits per heavy atom. The average Bonchev–Trinajstić information content (AvgIpc) is 2.77. The number of ether oxygens (including phenoxy) is 2. The third-order valence-electron chi connectivity index (χ3n) is 2.64. The Labute approximate surface area is 89.3 Å². The highest BCUT2D eigenvalue weighted by atomic mass is 16.5. The number of carbonyl (C=O) groups is 2. The van der Waals surface area contributed by atoms with Gasteiger partial charge < -0.3 is 9.47 Å². The van der Waals surface area contributed by atoms with Gasteiger partial charge in [-0.2, -0.15) is 0 Å². The lowest BCUT2D eigenvalue weighted by atomic mass is 10.2. The molecule has 0 unspecified atom stereocenters. The molecule has 1 rings (SSSR count). The molecule has 1 aliphatic rings. The van der Waals surface area contributed by atoms with Crippen LogP contribution in [0.5, 0.6) is 0 Å². The van der Waals surface area contributed by atoms with E-state index in [1.165, 1.54) is 14.2 Å². The maximum atomic E-state index is 11.5. The third-order valence-corrected chi connectivity index (χ3v) is 2.64. The third kappa shape index (κ3) is 3.20. The van der Waals surface area contributed by atoms with Crippen LogP contribution in [-0.4, -0.2) is 50.2 Å². The lowest BCUT2D eigenvalue weighted by Crippen LogP contribution is -2.41. The van der Waals surface area contributed by atoms with Crippen LogP contribution in [-0.2, 0) is 19.1 Å². The fourth-order valence-corrected chi connectivity index (χ4v) is 1.79. The van der Waals surface area contributed by atoms with E-state index in [1.807, 2.05) is 4.90 Å². The van der Waals surface area contributed by atoms with Crippen LogP contribution in [0.4, 0.5) is 0 Å². The topological polar surface area (TPSA) is 55.8 Å². The Balaban J connectivity index is 2.59. The highest BCUT2D eigenvalue weighted by Gasteiger charge is 2.31. The summed E-state index contributed by atoms with van der Waals surface area (Å²) in [5.41, 5.74) is 0. The van der Waals surface area contributed by atoms with Crippen molar-refractivity contribution in [1.82, 2.24) is 4.90 Å². The van der Waals surface area contributed by atoms with Gasteiger partial charge in [0.1, 0.15) is 6.04 Å². The number of hydrogen-bond donors (Lipinski definition) is 0. The molecule has 1 saturated heterocycles. The minimum Gasteiger partial charge on any atom is -0.469 e. The Hall–Kier alpha value is -1.10. The molecular weight excluding hydrogens is 198 g/mol. The van der Waals surface area contributed by atoms with Gasteiger partial charge in [-0.05, 0) is 25.9 Å². The minimum absolute atomic E-state index is 0.0726. The second-order valence-corrected chi connectivity index (χ2v) is 3.56. The molecule has 0 aromatic carbocycles. The maximum absolute atomic E-state index is 11.5. The van der Waals surface area contributed by atoms with Gasteiger partial charge in [-0.25, -0.2) is 0 Å². The fraction of sp³-hybridized carbons (Fsp3) is 0.800. The van der Waals surface area contributed by atoms with Crippen LogP contribution in [0.25, 0.3) is 0 Å². The van der Waals surface area contributed by atoms with E-state index in [-0.39, 0.29) is 18.4 Å². The molecule has 0 radical (unpaired) electrons. The number of nitrogens with zero attached hydrogens (tertiary/aromatic N) is 1. The van der Waals surface area contributed by atoms with Gasteiger partial charge in [0, 0.05) is 0 Å². The maximum Gasteiger partial charge on any atom is 0.323 e. The van der Waals surface area contributed by atoms with Crippen LogP contribution < -0.4 is 0 Å². The lowest BCUT2D eigenvalue weighted by Gasteiger charge is -2.23. The summed E-state index contributed by atoms with van der Waals surface area (Å²) in [5.74, 6) is -0.736. The average molecular weight is 215 g/mol. The monoisotopic (exact) mass is 215 g/mol. The summed E-state index contributed by atoms with van der Waals surface area (Å²) in [6.07, 6.45) is 2.20. The van der Waals surface area contributed by atoms with E-state index in [0.717, 1.165) is 25.9 Å². The van der Waals surface area contributed by atoms with Crippen LogP contribution in [0, 0.1) is 0 Å². The molecule has 5 nitrogen and oxygen atoms in total. The summed E-state index contributed by atoms with van der Waals surface area (Å²) < 4.78 is 9.24. The molecule has 0 aliphatic carbocycles. The standard InChI is InChI=1S/C10H17NO4/c1-14-9(12)7-8(10(13)15-2)11-5-3-4-6-11/h8H,3-7H2,1-2H3/t8-/m0/s1. The van der Waals surface area contributed by atoms with Gasteiger partial charge in [0.15, 0.2) is 0 Å². The zero-order valence-electron chi connectivity index (χ0n) is 9.19. The number of esters is 2. The van der Waals surface area contributed by atoms with Crippen molar-refractivity contribution in [3.8, 4) is 0 Å². The van der Waals surface area contributed by atoms with Gasteiger partial charge in [0.05, 0.1) is 20.6 Å². The van der Waals surface area contributed by atoms with E-state index in [0.29, 0.717) is 0 Å². The molecule has 0 saturated carbocycles. The summed E-state index contributed by atoms with van der Waals surface area (Å²) in [5, 5.41) is 0. The fourth-order valence-electron chi connectivity index (χ4n) is 1.79. The van der Waals surface area contributed by atoms with Gasteiger partial charge >= 0.3 is 11.9 Å². The summed E-state index contributed by atoms with van der Waals surface area (Å²) >= 11 is 0. The molecule has 0 amide bonds. The molecule has 0 spiro atoms. The largest absolute Gasteiger partial charge is 0.469 e. The first-order chi connectivity index (χ1) is 7.19.